The number of nitrogens with two attached hydrogens (primary N) is 1. The van der Waals surface area contributed by atoms with Crippen LogP contribution >= 0.6 is 0 Å². The lowest BCUT2D eigenvalue weighted by molar-refractivity contribution is -0.148. The molecule has 1 unspecified atom stereocenters. The van der Waals surface area contributed by atoms with E-state index in [1.807, 2.05) is 0 Å². The molecule has 1 aromatic carbocycles. The molecule has 1 amide bonds. The van der Waals surface area contributed by atoms with Crippen molar-refractivity contribution in [3.8, 4) is 0 Å². The molecule has 2 rings (SSSR count). The molecule has 1 fully saturated rings. The average molecular weight is 234 g/mol. The Kier molecular flexibility index (Phi) is 2.99. The molecule has 90 valence electrons. The highest BCUT2D eigenvalue weighted by Crippen LogP contribution is 2.26. The summed E-state index contributed by atoms with van der Waals surface area (Å²) in [6.07, 6.45) is 0.486. The van der Waals surface area contributed by atoms with Gasteiger partial charge in [-0.25, -0.2) is 0 Å². The molecule has 2 N–H and O–H groups in total. The van der Waals surface area contributed by atoms with Gasteiger partial charge >= 0.3 is 5.97 Å². The summed E-state index contributed by atoms with van der Waals surface area (Å²) in [6, 6.07) is 7.05. The largest absolute Gasteiger partial charge is 0.468 e. The summed E-state index contributed by atoms with van der Waals surface area (Å²) in [7, 11) is 1.29. The Morgan fingerprint density at radius 2 is 2.29 bits per heavy atom. The summed E-state index contributed by atoms with van der Waals surface area (Å²) >= 11 is 0. The van der Waals surface area contributed by atoms with E-state index in [1.54, 1.807) is 29.2 Å². The first-order valence-corrected chi connectivity index (χ1v) is 5.38. The molecule has 1 saturated heterocycles. The van der Waals surface area contributed by atoms with Crippen molar-refractivity contribution in [2.75, 3.05) is 24.3 Å². The molecule has 1 aromatic rings. The minimum absolute atomic E-state index is 0.220. The van der Waals surface area contributed by atoms with E-state index in [4.69, 9.17) is 5.73 Å². The van der Waals surface area contributed by atoms with Crippen LogP contribution in [0.2, 0.25) is 0 Å². The van der Waals surface area contributed by atoms with Crippen LogP contribution in [0.5, 0.6) is 0 Å². The second-order valence-corrected chi connectivity index (χ2v) is 3.95. The third-order valence-electron chi connectivity index (χ3n) is 2.87. The van der Waals surface area contributed by atoms with Crippen molar-refractivity contribution >= 4 is 23.3 Å². The van der Waals surface area contributed by atoms with Gasteiger partial charge in [0.25, 0.3) is 0 Å². The second kappa shape index (κ2) is 4.45. The lowest BCUT2D eigenvalue weighted by Gasteiger charge is -2.16. The number of hydrogen-bond acceptors (Lipinski definition) is 4. The van der Waals surface area contributed by atoms with E-state index in [9.17, 15) is 9.59 Å². The van der Waals surface area contributed by atoms with Crippen LogP contribution in [-0.2, 0) is 14.3 Å². The fourth-order valence-electron chi connectivity index (χ4n) is 1.99. The molecule has 1 heterocycles. The van der Waals surface area contributed by atoms with Gasteiger partial charge in [0, 0.05) is 17.9 Å². The van der Waals surface area contributed by atoms with Gasteiger partial charge in [-0.3, -0.25) is 9.59 Å². The molecule has 0 saturated carbocycles. The number of rotatable bonds is 2. The SMILES string of the molecule is COC(=O)C1CCN(c2cccc(N)c2)C1=O. The first kappa shape index (κ1) is 11.4. The van der Waals surface area contributed by atoms with Gasteiger partial charge in [0.05, 0.1) is 7.11 Å². The summed E-state index contributed by atoms with van der Waals surface area (Å²) in [4.78, 5) is 24.9. The van der Waals surface area contributed by atoms with Gasteiger partial charge in [-0.15, -0.1) is 0 Å². The zero-order chi connectivity index (χ0) is 12.4. The van der Waals surface area contributed by atoms with Crippen molar-refractivity contribution < 1.29 is 14.3 Å². The molecule has 1 aliphatic heterocycles. The van der Waals surface area contributed by atoms with Crippen LogP contribution in [0.25, 0.3) is 0 Å². The fraction of sp³-hybridized carbons (Fsp3) is 0.333. The second-order valence-electron chi connectivity index (χ2n) is 3.95. The molecular formula is C12H14N2O3. The lowest BCUT2D eigenvalue weighted by atomic mass is 10.1. The number of esters is 1. The quantitative estimate of drug-likeness (QED) is 0.466. The molecule has 5 nitrogen and oxygen atoms in total. The van der Waals surface area contributed by atoms with Gasteiger partial charge in [-0.05, 0) is 24.6 Å². The van der Waals surface area contributed by atoms with Gasteiger partial charge in [0.2, 0.25) is 5.91 Å². The van der Waals surface area contributed by atoms with Gasteiger partial charge in [0.1, 0.15) is 5.92 Å². The summed E-state index contributed by atoms with van der Waals surface area (Å²) < 4.78 is 4.60. The van der Waals surface area contributed by atoms with Crippen molar-refractivity contribution in [2.24, 2.45) is 5.92 Å². The number of amides is 1. The highest BCUT2D eigenvalue weighted by molar-refractivity contribution is 6.08. The molecule has 0 aliphatic carbocycles. The Morgan fingerprint density at radius 1 is 1.53 bits per heavy atom. The normalized spacial score (nSPS) is 19.5. The van der Waals surface area contributed by atoms with Crippen LogP contribution in [-0.4, -0.2) is 25.5 Å². The van der Waals surface area contributed by atoms with E-state index in [0.29, 0.717) is 18.7 Å². The summed E-state index contributed by atoms with van der Waals surface area (Å²) in [6.45, 7) is 0.516. The van der Waals surface area contributed by atoms with E-state index < -0.39 is 11.9 Å². The van der Waals surface area contributed by atoms with Crippen LogP contribution in [0.1, 0.15) is 6.42 Å². The average Bonchev–Trinajstić information content (AvgIpc) is 2.70. The van der Waals surface area contributed by atoms with E-state index in [0.717, 1.165) is 5.69 Å². The number of carbonyl (C=O) groups excluding carboxylic acids is 2. The Hall–Kier alpha value is -2.04. The zero-order valence-corrected chi connectivity index (χ0v) is 9.55. The number of benzene rings is 1. The summed E-state index contributed by atoms with van der Waals surface area (Å²) in [5, 5.41) is 0. The van der Waals surface area contributed by atoms with Crippen LogP contribution in [0, 0.1) is 5.92 Å². The minimum atomic E-state index is -0.679. The highest BCUT2D eigenvalue weighted by Gasteiger charge is 2.38. The summed E-state index contributed by atoms with van der Waals surface area (Å²) in [5.41, 5.74) is 6.98. The van der Waals surface area contributed by atoms with Crippen molar-refractivity contribution in [3.05, 3.63) is 24.3 Å². The van der Waals surface area contributed by atoms with Crippen LogP contribution in [0.15, 0.2) is 24.3 Å². The van der Waals surface area contributed by atoms with E-state index in [-0.39, 0.29) is 5.91 Å². The third kappa shape index (κ3) is 2.08. The Morgan fingerprint density at radius 3 is 2.94 bits per heavy atom. The molecule has 0 aromatic heterocycles. The van der Waals surface area contributed by atoms with Gasteiger partial charge in [-0.1, -0.05) is 6.07 Å². The van der Waals surface area contributed by atoms with Gasteiger partial charge < -0.3 is 15.4 Å². The Labute approximate surface area is 99.2 Å². The number of carbonyl (C=O) groups is 2. The zero-order valence-electron chi connectivity index (χ0n) is 9.55. The molecular weight excluding hydrogens is 220 g/mol. The van der Waals surface area contributed by atoms with Crippen LogP contribution in [0.3, 0.4) is 0 Å². The van der Waals surface area contributed by atoms with Crippen molar-refractivity contribution in [3.63, 3.8) is 0 Å². The summed E-state index contributed by atoms with van der Waals surface area (Å²) in [5.74, 6) is -1.37. The number of anilines is 2. The number of nitrogen functional groups attached to an aromatic ring is 1. The van der Waals surface area contributed by atoms with E-state index in [1.165, 1.54) is 7.11 Å². The lowest BCUT2D eigenvalue weighted by Crippen LogP contribution is -2.30. The highest BCUT2D eigenvalue weighted by atomic mass is 16.5. The Bertz CT molecular complexity index is 459. The van der Waals surface area contributed by atoms with Crippen molar-refractivity contribution in [1.29, 1.82) is 0 Å². The van der Waals surface area contributed by atoms with E-state index >= 15 is 0 Å². The molecule has 0 spiro atoms. The maximum Gasteiger partial charge on any atom is 0.318 e. The fourth-order valence-corrected chi connectivity index (χ4v) is 1.99. The number of ether oxygens (including phenoxy) is 1. The van der Waals surface area contributed by atoms with Crippen molar-refractivity contribution in [2.45, 2.75) is 6.42 Å². The molecule has 5 heteroatoms. The molecule has 0 bridgehead atoms. The number of methoxy groups -OCH3 is 1. The monoisotopic (exact) mass is 234 g/mol. The first-order chi connectivity index (χ1) is 8.13. The number of hydrogen-bond donors (Lipinski definition) is 1. The molecule has 17 heavy (non-hydrogen) atoms. The minimum Gasteiger partial charge on any atom is -0.468 e. The molecule has 1 atom stereocenters. The van der Waals surface area contributed by atoms with Gasteiger partial charge in [0.15, 0.2) is 0 Å². The van der Waals surface area contributed by atoms with Crippen LogP contribution in [0.4, 0.5) is 11.4 Å². The maximum absolute atomic E-state index is 12.0. The van der Waals surface area contributed by atoms with Gasteiger partial charge in [-0.2, -0.15) is 0 Å². The predicted octanol–water partition coefficient (Wildman–Crippen LogP) is 0.795. The third-order valence-corrected chi connectivity index (χ3v) is 2.87. The van der Waals surface area contributed by atoms with Crippen molar-refractivity contribution in [1.82, 2.24) is 0 Å². The topological polar surface area (TPSA) is 72.6 Å². The maximum atomic E-state index is 12.0. The van der Waals surface area contributed by atoms with E-state index in [2.05, 4.69) is 4.74 Å². The molecule has 0 radical (unpaired) electrons. The van der Waals surface area contributed by atoms with Crippen LogP contribution < -0.4 is 10.6 Å². The Balaban J connectivity index is 2.20. The first-order valence-electron chi connectivity index (χ1n) is 5.38. The molecule has 1 aliphatic rings. The standard InChI is InChI=1S/C12H14N2O3/c1-17-12(16)10-5-6-14(11(10)15)9-4-2-3-8(13)7-9/h2-4,7,10H,5-6,13H2,1H3. The smallest absolute Gasteiger partial charge is 0.318 e. The number of nitrogens with zero attached hydrogens (tertiary/aromatic N) is 1. The predicted molar refractivity (Wildman–Crippen MR) is 63.3 cm³/mol.